The monoisotopic (exact) mass is 357 g/mol. The number of hydrogen-bond donors (Lipinski definition) is 2. The lowest BCUT2D eigenvalue weighted by atomic mass is 10.1. The average Bonchev–Trinajstić information content (AvgIpc) is 2.67. The third-order valence-corrected chi connectivity index (χ3v) is 3.99. The third kappa shape index (κ3) is 6.17. The first-order valence-corrected chi connectivity index (χ1v) is 9.25. The Hall–Kier alpha value is -2.37. The van der Waals surface area contributed by atoms with Crippen LogP contribution in [-0.4, -0.2) is 32.3 Å². The van der Waals surface area contributed by atoms with Gasteiger partial charge in [-0.25, -0.2) is 0 Å². The number of anilines is 1. The van der Waals surface area contributed by atoms with Crippen molar-refractivity contribution >= 4 is 11.6 Å². The Morgan fingerprint density at radius 3 is 2.50 bits per heavy atom. The van der Waals surface area contributed by atoms with Gasteiger partial charge in [-0.1, -0.05) is 42.5 Å². The Kier molecular flexibility index (Phi) is 8.66. The van der Waals surface area contributed by atoms with Crippen LogP contribution in [0.2, 0.25) is 0 Å². The van der Waals surface area contributed by atoms with Crippen molar-refractivity contribution in [3.05, 3.63) is 60.2 Å². The van der Waals surface area contributed by atoms with Gasteiger partial charge in [-0.15, -0.1) is 0 Å². The second-order valence-electron chi connectivity index (χ2n) is 5.88. The number of benzene rings is 2. The minimum Gasteiger partial charge on any atom is -0.492 e. The summed E-state index contributed by atoms with van der Waals surface area (Å²) >= 11 is 0. The second kappa shape index (κ2) is 11.3. The van der Waals surface area contributed by atoms with Crippen molar-refractivity contribution in [1.29, 1.82) is 0 Å². The number of para-hydroxylation sites is 2. The molecule has 0 aliphatic carbocycles. The van der Waals surface area contributed by atoms with Crippen molar-refractivity contribution in [3.8, 4) is 5.75 Å². The molecule has 5 nitrogen and oxygen atoms in total. The molecule has 26 heavy (non-hydrogen) atoms. The minimum absolute atomic E-state index is 0.0558. The number of amides is 1. The molecule has 0 heterocycles. The van der Waals surface area contributed by atoms with Crippen LogP contribution in [0.3, 0.4) is 0 Å². The number of carbonyl (C=O) groups excluding carboxylic acids is 1. The van der Waals surface area contributed by atoms with Crippen LogP contribution in [0.15, 0.2) is 54.6 Å². The zero-order valence-electron chi connectivity index (χ0n) is 15.6. The van der Waals surface area contributed by atoms with E-state index in [1.165, 1.54) is 0 Å². The SMILES string of the molecule is CCOCCC[NH2+][C@H](C(=O)Nc1ccccc1OCC)c1ccccc1. The fraction of sp³-hybridized carbons (Fsp3) is 0.381. The van der Waals surface area contributed by atoms with Gasteiger partial charge in [0.05, 0.1) is 25.4 Å². The van der Waals surface area contributed by atoms with E-state index >= 15 is 0 Å². The molecule has 2 aromatic carbocycles. The van der Waals surface area contributed by atoms with Crippen molar-refractivity contribution in [3.63, 3.8) is 0 Å². The fourth-order valence-corrected chi connectivity index (χ4v) is 2.73. The van der Waals surface area contributed by atoms with Gasteiger partial charge in [-0.05, 0) is 26.0 Å². The first kappa shape index (κ1) is 19.9. The summed E-state index contributed by atoms with van der Waals surface area (Å²) in [6.45, 7) is 6.72. The van der Waals surface area contributed by atoms with Gasteiger partial charge in [-0.3, -0.25) is 4.79 Å². The maximum Gasteiger partial charge on any atom is 0.287 e. The highest BCUT2D eigenvalue weighted by atomic mass is 16.5. The lowest BCUT2D eigenvalue weighted by Crippen LogP contribution is -2.87. The van der Waals surface area contributed by atoms with Crippen LogP contribution in [-0.2, 0) is 9.53 Å². The summed E-state index contributed by atoms with van der Waals surface area (Å²) in [5.41, 5.74) is 1.68. The normalized spacial score (nSPS) is 11.8. The molecule has 140 valence electrons. The van der Waals surface area contributed by atoms with Crippen molar-refractivity contribution < 1.29 is 19.6 Å². The van der Waals surface area contributed by atoms with E-state index in [1.807, 2.05) is 68.4 Å². The standard InChI is InChI=1S/C21H28N2O3/c1-3-25-16-10-15-22-20(17-11-6-5-7-12-17)21(24)23-18-13-8-9-14-19(18)26-4-2/h5-9,11-14,20,22H,3-4,10,15-16H2,1-2H3,(H,23,24)/p+1/t20-/m0/s1. The van der Waals surface area contributed by atoms with Gasteiger partial charge in [0, 0.05) is 18.6 Å². The molecule has 0 saturated heterocycles. The maximum atomic E-state index is 13.0. The number of carbonyl (C=O) groups is 1. The van der Waals surface area contributed by atoms with E-state index < -0.39 is 0 Å². The fourth-order valence-electron chi connectivity index (χ4n) is 2.73. The summed E-state index contributed by atoms with van der Waals surface area (Å²) in [6, 6.07) is 17.0. The van der Waals surface area contributed by atoms with E-state index in [-0.39, 0.29) is 11.9 Å². The molecule has 0 spiro atoms. The number of ether oxygens (including phenoxy) is 2. The minimum atomic E-state index is -0.312. The summed E-state index contributed by atoms with van der Waals surface area (Å²) in [4.78, 5) is 13.0. The molecule has 0 aromatic heterocycles. The number of hydrogen-bond acceptors (Lipinski definition) is 3. The first-order valence-electron chi connectivity index (χ1n) is 9.25. The average molecular weight is 357 g/mol. The summed E-state index contributed by atoms with van der Waals surface area (Å²) in [5, 5.41) is 5.08. The van der Waals surface area contributed by atoms with Crippen molar-refractivity contribution in [2.75, 3.05) is 31.7 Å². The van der Waals surface area contributed by atoms with Gasteiger partial charge < -0.3 is 20.1 Å². The van der Waals surface area contributed by atoms with E-state index in [9.17, 15) is 4.79 Å². The van der Waals surface area contributed by atoms with Crippen molar-refractivity contribution in [2.45, 2.75) is 26.3 Å². The summed E-state index contributed by atoms with van der Waals surface area (Å²) in [5.74, 6) is 0.631. The Morgan fingerprint density at radius 1 is 1.04 bits per heavy atom. The van der Waals surface area contributed by atoms with Crippen LogP contribution < -0.4 is 15.4 Å². The molecular weight excluding hydrogens is 328 g/mol. The zero-order valence-corrected chi connectivity index (χ0v) is 15.6. The molecule has 2 aromatic rings. The number of nitrogens with two attached hydrogens (primary N) is 1. The summed E-state index contributed by atoms with van der Waals surface area (Å²) in [6.07, 6.45) is 0.903. The predicted molar refractivity (Wildman–Crippen MR) is 103 cm³/mol. The van der Waals surface area contributed by atoms with Crippen molar-refractivity contribution in [2.24, 2.45) is 0 Å². The molecule has 0 aliphatic rings. The van der Waals surface area contributed by atoms with Crippen LogP contribution in [0.1, 0.15) is 31.9 Å². The van der Waals surface area contributed by atoms with Gasteiger partial charge in [0.15, 0.2) is 6.04 Å². The number of rotatable bonds is 11. The predicted octanol–water partition coefficient (Wildman–Crippen LogP) is 2.76. The van der Waals surface area contributed by atoms with E-state index in [1.54, 1.807) is 0 Å². The molecular formula is C21H29N2O3+. The topological polar surface area (TPSA) is 64.2 Å². The Labute approximate surface area is 155 Å². The Morgan fingerprint density at radius 2 is 1.77 bits per heavy atom. The molecule has 1 amide bonds. The molecule has 3 N–H and O–H groups in total. The maximum absolute atomic E-state index is 13.0. The lowest BCUT2D eigenvalue weighted by Gasteiger charge is -2.17. The molecule has 0 fully saturated rings. The van der Waals surface area contributed by atoms with E-state index in [0.29, 0.717) is 24.7 Å². The number of nitrogens with one attached hydrogen (secondary N) is 1. The van der Waals surface area contributed by atoms with Gasteiger partial charge in [0.1, 0.15) is 5.75 Å². The van der Waals surface area contributed by atoms with Gasteiger partial charge in [0.25, 0.3) is 5.91 Å². The Bertz CT molecular complexity index is 661. The largest absolute Gasteiger partial charge is 0.492 e. The van der Waals surface area contributed by atoms with E-state index in [2.05, 4.69) is 10.6 Å². The molecule has 0 radical (unpaired) electrons. The van der Waals surface area contributed by atoms with E-state index in [4.69, 9.17) is 9.47 Å². The molecule has 5 heteroatoms. The smallest absolute Gasteiger partial charge is 0.287 e. The van der Waals surface area contributed by atoms with Gasteiger partial charge >= 0.3 is 0 Å². The zero-order chi connectivity index (χ0) is 18.6. The second-order valence-corrected chi connectivity index (χ2v) is 5.88. The van der Waals surface area contributed by atoms with Crippen LogP contribution in [0.4, 0.5) is 5.69 Å². The molecule has 0 unspecified atom stereocenters. The van der Waals surface area contributed by atoms with Crippen molar-refractivity contribution in [1.82, 2.24) is 0 Å². The lowest BCUT2D eigenvalue weighted by molar-refractivity contribution is -0.682. The van der Waals surface area contributed by atoms with E-state index in [0.717, 1.165) is 25.1 Å². The molecule has 2 rings (SSSR count). The highest BCUT2D eigenvalue weighted by Crippen LogP contribution is 2.24. The molecule has 0 saturated carbocycles. The van der Waals surface area contributed by atoms with Crippen LogP contribution in [0, 0.1) is 0 Å². The quantitative estimate of drug-likeness (QED) is 0.608. The highest BCUT2D eigenvalue weighted by Gasteiger charge is 2.24. The summed E-state index contributed by atoms with van der Waals surface area (Å²) < 4.78 is 11.0. The highest BCUT2D eigenvalue weighted by molar-refractivity contribution is 5.95. The van der Waals surface area contributed by atoms with Crippen LogP contribution >= 0.6 is 0 Å². The first-order chi connectivity index (χ1) is 12.8. The molecule has 0 aliphatic heterocycles. The third-order valence-electron chi connectivity index (χ3n) is 3.99. The molecule has 1 atom stereocenters. The molecule has 0 bridgehead atoms. The van der Waals surface area contributed by atoms with Crippen LogP contribution in [0.5, 0.6) is 5.75 Å². The van der Waals surface area contributed by atoms with Gasteiger partial charge in [-0.2, -0.15) is 0 Å². The van der Waals surface area contributed by atoms with Crippen LogP contribution in [0.25, 0.3) is 0 Å². The van der Waals surface area contributed by atoms with Gasteiger partial charge in [0.2, 0.25) is 0 Å². The Balaban J connectivity index is 2.08. The summed E-state index contributed by atoms with van der Waals surface area (Å²) in [7, 11) is 0. The number of quaternary nitrogens is 1.